The quantitative estimate of drug-likeness (QED) is 0.709. The number of ether oxygens (including phenoxy) is 1. The zero-order valence-electron chi connectivity index (χ0n) is 15.7. The summed E-state index contributed by atoms with van der Waals surface area (Å²) in [6.45, 7) is 0.337. The van der Waals surface area contributed by atoms with Crippen molar-refractivity contribution < 1.29 is 27.1 Å². The lowest BCUT2D eigenvalue weighted by Gasteiger charge is -2.39. The topological polar surface area (TPSA) is 84.0 Å². The summed E-state index contributed by atoms with van der Waals surface area (Å²) >= 11 is 0. The number of hydrogen-bond acceptors (Lipinski definition) is 5. The van der Waals surface area contributed by atoms with Crippen LogP contribution in [0.2, 0.25) is 0 Å². The number of benzene rings is 2. The molecule has 0 N–H and O–H groups in total. The maximum atomic E-state index is 13.3. The number of amides is 2. The van der Waals surface area contributed by atoms with Gasteiger partial charge in [0.25, 0.3) is 10.0 Å². The van der Waals surface area contributed by atoms with Crippen LogP contribution in [0.15, 0.2) is 47.4 Å². The molecule has 29 heavy (non-hydrogen) atoms. The summed E-state index contributed by atoms with van der Waals surface area (Å²) < 4.78 is 45.2. The first-order chi connectivity index (χ1) is 13.8. The van der Waals surface area contributed by atoms with Gasteiger partial charge >= 0.3 is 12.0 Å². The van der Waals surface area contributed by atoms with Gasteiger partial charge in [-0.25, -0.2) is 22.4 Å². The van der Waals surface area contributed by atoms with E-state index < -0.39 is 27.8 Å². The number of urea groups is 1. The standard InChI is InChI=1S/C20H19FN2O5S/c1-28-19(24)14-5-10-18-17(11-14)22(12-13-3-2-4-13)20(25)23(29(18,26)27)16-8-6-15(21)7-9-16/h5-11,13H,2-4,12H2,1H3. The molecule has 0 atom stereocenters. The van der Waals surface area contributed by atoms with Crippen LogP contribution < -0.4 is 9.21 Å². The fraction of sp³-hybridized carbons (Fsp3) is 0.300. The molecule has 2 amide bonds. The minimum absolute atomic E-state index is 0.0534. The molecule has 2 aromatic carbocycles. The van der Waals surface area contributed by atoms with Crippen LogP contribution in [0.5, 0.6) is 0 Å². The highest BCUT2D eigenvalue weighted by molar-refractivity contribution is 7.94. The first kappa shape index (κ1) is 19.4. The smallest absolute Gasteiger partial charge is 0.343 e. The predicted molar refractivity (Wildman–Crippen MR) is 104 cm³/mol. The van der Waals surface area contributed by atoms with Crippen LogP contribution in [0.4, 0.5) is 20.6 Å². The van der Waals surface area contributed by atoms with Gasteiger partial charge in [0.15, 0.2) is 0 Å². The molecule has 0 unspecified atom stereocenters. The summed E-state index contributed by atoms with van der Waals surface area (Å²) in [5, 5.41) is 0. The molecular weight excluding hydrogens is 399 g/mol. The van der Waals surface area contributed by atoms with Gasteiger partial charge in [-0.05, 0) is 61.2 Å². The van der Waals surface area contributed by atoms with Gasteiger partial charge in [-0.1, -0.05) is 6.42 Å². The number of carbonyl (C=O) groups is 2. The second-order valence-electron chi connectivity index (χ2n) is 7.11. The van der Waals surface area contributed by atoms with Crippen molar-refractivity contribution >= 4 is 33.4 Å². The largest absolute Gasteiger partial charge is 0.465 e. The van der Waals surface area contributed by atoms with Gasteiger partial charge in [0.2, 0.25) is 0 Å². The third-order valence-corrected chi connectivity index (χ3v) is 7.07. The van der Waals surface area contributed by atoms with E-state index in [1.807, 2.05) is 0 Å². The van der Waals surface area contributed by atoms with Crippen molar-refractivity contribution in [2.24, 2.45) is 5.92 Å². The molecule has 4 rings (SSSR count). The van der Waals surface area contributed by atoms with Gasteiger partial charge in [-0.15, -0.1) is 0 Å². The Kier molecular flexibility index (Phi) is 4.77. The van der Waals surface area contributed by atoms with E-state index in [1.165, 1.54) is 42.3 Å². The van der Waals surface area contributed by atoms with Crippen LogP contribution in [0.1, 0.15) is 29.6 Å². The summed E-state index contributed by atoms with van der Waals surface area (Å²) in [6, 6.07) is 7.97. The van der Waals surface area contributed by atoms with Crippen molar-refractivity contribution in [2.45, 2.75) is 24.2 Å². The summed E-state index contributed by atoms with van der Waals surface area (Å²) in [4.78, 5) is 26.5. The van der Waals surface area contributed by atoms with Gasteiger partial charge in [-0.2, -0.15) is 4.31 Å². The summed E-state index contributed by atoms with van der Waals surface area (Å²) in [6.07, 6.45) is 2.94. The number of anilines is 2. The van der Waals surface area contributed by atoms with Crippen LogP contribution in [0.25, 0.3) is 0 Å². The lowest BCUT2D eigenvalue weighted by molar-refractivity contribution is 0.0600. The molecule has 0 spiro atoms. The van der Waals surface area contributed by atoms with Gasteiger partial charge in [0.05, 0.1) is 24.0 Å². The van der Waals surface area contributed by atoms with E-state index in [0.717, 1.165) is 31.4 Å². The van der Waals surface area contributed by atoms with E-state index in [1.54, 1.807) is 0 Å². The molecule has 1 heterocycles. The van der Waals surface area contributed by atoms with Gasteiger partial charge in [-0.3, -0.25) is 4.90 Å². The van der Waals surface area contributed by atoms with Crippen LogP contribution in [0.3, 0.4) is 0 Å². The number of rotatable bonds is 4. The molecule has 1 aliphatic heterocycles. The molecular formula is C20H19FN2O5S. The van der Waals surface area contributed by atoms with Crippen molar-refractivity contribution in [3.8, 4) is 0 Å². The van der Waals surface area contributed by atoms with Gasteiger partial charge < -0.3 is 4.74 Å². The molecule has 1 saturated carbocycles. The zero-order valence-corrected chi connectivity index (χ0v) is 16.5. The average Bonchev–Trinajstić information content (AvgIpc) is 2.67. The van der Waals surface area contributed by atoms with Crippen molar-refractivity contribution in [3.63, 3.8) is 0 Å². The number of halogens is 1. The molecule has 2 aromatic rings. The van der Waals surface area contributed by atoms with E-state index in [4.69, 9.17) is 4.74 Å². The van der Waals surface area contributed by atoms with Gasteiger partial charge in [0.1, 0.15) is 10.7 Å². The number of sulfonamides is 1. The molecule has 9 heteroatoms. The summed E-state index contributed by atoms with van der Waals surface area (Å²) in [5.41, 5.74) is 0.365. The van der Waals surface area contributed by atoms with E-state index in [-0.39, 0.29) is 27.8 Å². The molecule has 0 saturated heterocycles. The highest BCUT2D eigenvalue weighted by Crippen LogP contribution is 2.40. The number of carbonyl (C=O) groups excluding carboxylic acids is 2. The Labute approximate surface area is 167 Å². The Hall–Kier alpha value is -2.94. The SMILES string of the molecule is COC(=O)c1ccc2c(c1)N(CC1CCC1)C(=O)N(c1ccc(F)cc1)S2(=O)=O. The Morgan fingerprint density at radius 1 is 1.17 bits per heavy atom. The number of esters is 1. The zero-order chi connectivity index (χ0) is 20.8. The highest BCUT2D eigenvalue weighted by Gasteiger charge is 2.43. The first-order valence-electron chi connectivity index (χ1n) is 9.17. The predicted octanol–water partition coefficient (Wildman–Crippen LogP) is 3.55. The molecule has 7 nitrogen and oxygen atoms in total. The van der Waals surface area contributed by atoms with Crippen LogP contribution in [-0.4, -0.2) is 34.1 Å². The number of hydrogen-bond donors (Lipinski definition) is 0. The lowest BCUT2D eigenvalue weighted by Crippen LogP contribution is -2.53. The third kappa shape index (κ3) is 3.25. The van der Waals surface area contributed by atoms with E-state index in [0.29, 0.717) is 10.8 Å². The second-order valence-corrected chi connectivity index (χ2v) is 8.87. The molecule has 1 fully saturated rings. The molecule has 1 aliphatic carbocycles. The molecule has 0 radical (unpaired) electrons. The van der Waals surface area contributed by atoms with E-state index in [2.05, 4.69) is 0 Å². The monoisotopic (exact) mass is 418 g/mol. The minimum atomic E-state index is -4.24. The summed E-state index contributed by atoms with van der Waals surface area (Å²) in [5.74, 6) is -0.906. The minimum Gasteiger partial charge on any atom is -0.465 e. The fourth-order valence-corrected chi connectivity index (χ4v) is 5.11. The number of nitrogens with zero attached hydrogens (tertiary/aromatic N) is 2. The Morgan fingerprint density at radius 2 is 1.86 bits per heavy atom. The maximum absolute atomic E-state index is 13.3. The van der Waals surface area contributed by atoms with E-state index in [9.17, 15) is 22.4 Å². The van der Waals surface area contributed by atoms with E-state index >= 15 is 0 Å². The van der Waals surface area contributed by atoms with Crippen molar-refractivity contribution in [3.05, 3.63) is 53.8 Å². The average molecular weight is 418 g/mol. The Morgan fingerprint density at radius 3 is 2.45 bits per heavy atom. The fourth-order valence-electron chi connectivity index (χ4n) is 3.54. The number of methoxy groups -OCH3 is 1. The van der Waals surface area contributed by atoms with Crippen LogP contribution in [-0.2, 0) is 14.8 Å². The Bertz CT molecular complexity index is 1080. The normalized spacial score (nSPS) is 18.2. The molecule has 0 bridgehead atoms. The van der Waals surface area contributed by atoms with Crippen LogP contribution in [0, 0.1) is 11.7 Å². The maximum Gasteiger partial charge on any atom is 0.343 e. The van der Waals surface area contributed by atoms with Gasteiger partial charge in [0, 0.05) is 6.54 Å². The summed E-state index contributed by atoms with van der Waals surface area (Å²) in [7, 11) is -3.01. The number of fused-ring (bicyclic) bond motifs is 1. The Balaban J connectivity index is 1.87. The molecule has 152 valence electrons. The third-order valence-electron chi connectivity index (χ3n) is 5.32. The lowest BCUT2D eigenvalue weighted by atomic mass is 9.85. The molecule has 0 aromatic heterocycles. The van der Waals surface area contributed by atoms with Crippen LogP contribution >= 0.6 is 0 Å². The van der Waals surface area contributed by atoms with Crippen molar-refractivity contribution in [2.75, 3.05) is 22.9 Å². The highest BCUT2D eigenvalue weighted by atomic mass is 32.2. The molecule has 2 aliphatic rings. The second kappa shape index (κ2) is 7.14. The van der Waals surface area contributed by atoms with Crippen molar-refractivity contribution in [1.82, 2.24) is 0 Å². The first-order valence-corrected chi connectivity index (χ1v) is 10.6. The van der Waals surface area contributed by atoms with Crippen molar-refractivity contribution in [1.29, 1.82) is 0 Å².